The van der Waals surface area contributed by atoms with Gasteiger partial charge in [-0.05, 0) is 30.7 Å². The lowest BCUT2D eigenvalue weighted by Crippen LogP contribution is -2.57. The number of rotatable bonds is 16. The molecule has 0 aliphatic carbocycles. The monoisotopic (exact) mass is 537 g/mol. The van der Waals surface area contributed by atoms with Crippen molar-refractivity contribution in [2.75, 3.05) is 12.3 Å². The molecule has 0 heterocycles. The van der Waals surface area contributed by atoms with Crippen molar-refractivity contribution in [1.29, 1.82) is 0 Å². The number of hydrogen-bond donors (Lipinski definition) is 8. The van der Waals surface area contributed by atoms with Crippen LogP contribution in [0.4, 0.5) is 0 Å². The highest BCUT2D eigenvalue weighted by Crippen LogP contribution is 2.08. The topological polar surface area (TPSA) is 215 Å². The zero-order valence-electron chi connectivity index (χ0n) is 21.2. The molecule has 0 bridgehead atoms. The molecule has 4 unspecified atom stereocenters. The minimum atomic E-state index is -1.26. The number of benzene rings is 1. The number of carboxylic acids is 1. The van der Waals surface area contributed by atoms with E-state index < -0.39 is 47.9 Å². The second-order valence-corrected chi connectivity index (χ2v) is 9.44. The Hall–Kier alpha value is -3.32. The molecule has 4 atom stereocenters. The fourth-order valence-electron chi connectivity index (χ4n) is 3.46. The molecule has 0 fully saturated rings. The van der Waals surface area contributed by atoms with Crippen LogP contribution in [0.2, 0.25) is 0 Å². The summed E-state index contributed by atoms with van der Waals surface area (Å²) in [6.45, 7) is 4.06. The number of aliphatic carboxylic acids is 1. The van der Waals surface area contributed by atoms with E-state index in [0.29, 0.717) is 12.8 Å². The third-order valence-electron chi connectivity index (χ3n) is 5.35. The molecule has 0 radical (unpaired) electrons. The molecule has 0 aromatic heterocycles. The smallest absolute Gasteiger partial charge is 0.327 e. The molecular formula is C24H39N7O5S. The molecule has 1 rings (SSSR count). The number of nitrogens with two attached hydrogens (primary N) is 3. The number of amides is 3. The Bertz CT molecular complexity index is 925. The predicted octanol–water partition coefficient (Wildman–Crippen LogP) is -0.875. The lowest BCUT2D eigenvalue weighted by Gasteiger charge is -2.25. The van der Waals surface area contributed by atoms with Crippen LogP contribution in [-0.2, 0) is 25.6 Å². The van der Waals surface area contributed by atoms with Crippen molar-refractivity contribution >= 4 is 42.3 Å². The quantitative estimate of drug-likeness (QED) is 0.0572. The highest BCUT2D eigenvalue weighted by Gasteiger charge is 2.30. The Kier molecular flexibility index (Phi) is 14.1. The van der Waals surface area contributed by atoms with Crippen LogP contribution < -0.4 is 33.2 Å². The van der Waals surface area contributed by atoms with E-state index >= 15 is 0 Å². The summed E-state index contributed by atoms with van der Waals surface area (Å²) >= 11 is 3.96. The number of aliphatic imine (C=N–C) groups is 1. The number of thiol groups is 1. The van der Waals surface area contributed by atoms with Crippen LogP contribution in [0.1, 0.15) is 38.7 Å². The summed E-state index contributed by atoms with van der Waals surface area (Å²) in [5, 5.41) is 17.0. The normalized spacial score (nSPS) is 14.1. The van der Waals surface area contributed by atoms with Gasteiger partial charge >= 0.3 is 5.97 Å². The number of carbonyl (C=O) groups is 4. The molecule has 1 aromatic carbocycles. The van der Waals surface area contributed by atoms with Crippen molar-refractivity contribution in [2.45, 2.75) is 63.7 Å². The van der Waals surface area contributed by atoms with Gasteiger partial charge in [-0.3, -0.25) is 19.4 Å². The van der Waals surface area contributed by atoms with Gasteiger partial charge in [-0.15, -0.1) is 0 Å². The Balaban J connectivity index is 3.10. The number of hydrogen-bond acceptors (Lipinski definition) is 7. The molecule has 0 spiro atoms. The molecule has 0 aliphatic heterocycles. The van der Waals surface area contributed by atoms with Crippen molar-refractivity contribution < 1.29 is 24.3 Å². The van der Waals surface area contributed by atoms with Gasteiger partial charge in [-0.1, -0.05) is 44.2 Å². The van der Waals surface area contributed by atoms with E-state index in [-0.39, 0.29) is 37.0 Å². The Morgan fingerprint density at radius 1 is 0.946 bits per heavy atom. The van der Waals surface area contributed by atoms with E-state index in [9.17, 15) is 24.3 Å². The molecule has 206 valence electrons. The van der Waals surface area contributed by atoms with Crippen LogP contribution in [0.15, 0.2) is 35.3 Å². The number of nitrogens with one attached hydrogen (secondary N) is 3. The highest BCUT2D eigenvalue weighted by atomic mass is 32.1. The van der Waals surface area contributed by atoms with Crippen LogP contribution >= 0.6 is 12.6 Å². The van der Waals surface area contributed by atoms with Gasteiger partial charge in [0.05, 0.1) is 6.04 Å². The zero-order valence-corrected chi connectivity index (χ0v) is 22.1. The number of nitrogens with zero attached hydrogens (tertiary/aromatic N) is 1. The standard InChI is InChI=1S/C24H39N7O5S/c1-14(2)11-16(25)20(32)30-18(12-15-7-4-3-5-8-15)22(34)29-17(9-6-10-28-24(26)27)21(33)31-19(13-37)23(35)36/h3-5,7-8,14,16-19,37H,6,9-13,25H2,1-2H3,(H,29,34)(H,30,32)(H,31,33)(H,35,36)(H4,26,27,28). The number of carboxylic acid groups (broad SMARTS) is 1. The summed E-state index contributed by atoms with van der Waals surface area (Å²) in [6.07, 6.45) is 1.03. The first-order valence-electron chi connectivity index (χ1n) is 12.0. The molecule has 12 nitrogen and oxygen atoms in total. The largest absolute Gasteiger partial charge is 0.480 e. The van der Waals surface area contributed by atoms with Gasteiger partial charge in [-0.2, -0.15) is 12.6 Å². The maximum absolute atomic E-state index is 13.3. The number of guanidine groups is 1. The molecule has 1 aromatic rings. The van der Waals surface area contributed by atoms with Crippen molar-refractivity contribution in [2.24, 2.45) is 28.1 Å². The van der Waals surface area contributed by atoms with E-state index in [2.05, 4.69) is 33.6 Å². The molecule has 3 amide bonds. The van der Waals surface area contributed by atoms with Crippen LogP contribution in [-0.4, -0.2) is 71.2 Å². The van der Waals surface area contributed by atoms with Gasteiger partial charge in [0.1, 0.15) is 18.1 Å². The molecule has 10 N–H and O–H groups in total. The van der Waals surface area contributed by atoms with Crippen LogP contribution in [0.3, 0.4) is 0 Å². The van der Waals surface area contributed by atoms with Crippen molar-refractivity contribution in [3.05, 3.63) is 35.9 Å². The fraction of sp³-hybridized carbons (Fsp3) is 0.542. The average Bonchev–Trinajstić information content (AvgIpc) is 2.83. The zero-order chi connectivity index (χ0) is 28.0. The van der Waals surface area contributed by atoms with E-state index in [1.807, 2.05) is 32.0 Å². The second kappa shape index (κ2) is 16.4. The number of carbonyl (C=O) groups excluding carboxylic acids is 3. The summed E-state index contributed by atoms with van der Waals surface area (Å²) in [6, 6.07) is 4.86. The third-order valence-corrected chi connectivity index (χ3v) is 5.72. The van der Waals surface area contributed by atoms with Crippen molar-refractivity contribution in [1.82, 2.24) is 16.0 Å². The maximum atomic E-state index is 13.3. The SMILES string of the molecule is CC(C)CC(N)C(=O)NC(Cc1ccccc1)C(=O)NC(CCCN=C(N)N)C(=O)NC(CS)C(=O)O. The first kappa shape index (κ1) is 31.7. The minimum Gasteiger partial charge on any atom is -0.480 e. The van der Waals surface area contributed by atoms with Crippen LogP contribution in [0, 0.1) is 5.92 Å². The highest BCUT2D eigenvalue weighted by molar-refractivity contribution is 7.80. The summed E-state index contributed by atoms with van der Waals surface area (Å²) < 4.78 is 0. The van der Waals surface area contributed by atoms with E-state index in [4.69, 9.17) is 17.2 Å². The maximum Gasteiger partial charge on any atom is 0.327 e. The third kappa shape index (κ3) is 12.5. The molecule has 0 saturated carbocycles. The Labute approximate surface area is 222 Å². The van der Waals surface area contributed by atoms with Gasteiger partial charge in [0.2, 0.25) is 17.7 Å². The summed E-state index contributed by atoms with van der Waals surface area (Å²) in [5.74, 6) is -3.16. The summed E-state index contributed by atoms with van der Waals surface area (Å²) in [7, 11) is 0. The first-order chi connectivity index (χ1) is 17.4. The van der Waals surface area contributed by atoms with E-state index in [1.54, 1.807) is 12.1 Å². The van der Waals surface area contributed by atoms with Crippen LogP contribution in [0.5, 0.6) is 0 Å². The average molecular weight is 538 g/mol. The Morgan fingerprint density at radius 2 is 1.51 bits per heavy atom. The van der Waals surface area contributed by atoms with E-state index in [1.165, 1.54) is 0 Å². The molecule has 0 aliphatic rings. The van der Waals surface area contributed by atoms with Gasteiger partial charge < -0.3 is 38.3 Å². The molecular weight excluding hydrogens is 498 g/mol. The van der Waals surface area contributed by atoms with Crippen molar-refractivity contribution in [3.8, 4) is 0 Å². The van der Waals surface area contributed by atoms with Gasteiger partial charge in [-0.25, -0.2) is 4.79 Å². The molecule has 0 saturated heterocycles. The minimum absolute atomic E-state index is 0.116. The molecule has 13 heteroatoms. The fourth-order valence-corrected chi connectivity index (χ4v) is 3.70. The van der Waals surface area contributed by atoms with Gasteiger partial charge in [0, 0.05) is 18.7 Å². The predicted molar refractivity (Wildman–Crippen MR) is 145 cm³/mol. The van der Waals surface area contributed by atoms with Gasteiger partial charge in [0.15, 0.2) is 5.96 Å². The Morgan fingerprint density at radius 3 is 2.05 bits per heavy atom. The first-order valence-corrected chi connectivity index (χ1v) is 12.7. The lowest BCUT2D eigenvalue weighted by atomic mass is 10.0. The van der Waals surface area contributed by atoms with E-state index in [0.717, 1.165) is 5.56 Å². The molecule has 37 heavy (non-hydrogen) atoms. The lowest BCUT2D eigenvalue weighted by molar-refractivity contribution is -0.141. The van der Waals surface area contributed by atoms with Crippen LogP contribution in [0.25, 0.3) is 0 Å². The van der Waals surface area contributed by atoms with Gasteiger partial charge in [0.25, 0.3) is 0 Å². The van der Waals surface area contributed by atoms with Crippen molar-refractivity contribution in [3.63, 3.8) is 0 Å². The summed E-state index contributed by atoms with van der Waals surface area (Å²) in [5.41, 5.74) is 17.5. The summed E-state index contributed by atoms with van der Waals surface area (Å²) in [4.78, 5) is 54.2. The second-order valence-electron chi connectivity index (χ2n) is 9.08.